The monoisotopic (exact) mass is 423 g/mol. The Labute approximate surface area is 179 Å². The molecule has 160 valence electrons. The molecule has 1 saturated carbocycles. The van der Waals surface area contributed by atoms with Crippen LogP contribution in [0, 0.1) is 5.41 Å². The van der Waals surface area contributed by atoms with Crippen molar-refractivity contribution in [1.29, 1.82) is 0 Å². The largest absolute Gasteiger partial charge is 0.435 e. The van der Waals surface area contributed by atoms with Crippen LogP contribution in [-0.4, -0.2) is 34.9 Å². The van der Waals surface area contributed by atoms with E-state index in [4.69, 9.17) is 0 Å². The number of pyridine rings is 1. The van der Waals surface area contributed by atoms with E-state index >= 15 is 0 Å². The molecule has 1 aliphatic carbocycles. The van der Waals surface area contributed by atoms with Gasteiger partial charge in [0.2, 0.25) is 0 Å². The third kappa shape index (κ3) is 4.57. The first kappa shape index (κ1) is 19.7. The van der Waals surface area contributed by atoms with Gasteiger partial charge < -0.3 is 15.0 Å². The number of piperidine rings is 1. The van der Waals surface area contributed by atoms with Gasteiger partial charge in [-0.1, -0.05) is 12.1 Å². The van der Waals surface area contributed by atoms with Gasteiger partial charge in [0.1, 0.15) is 11.6 Å². The Morgan fingerprint density at radius 2 is 1.74 bits per heavy atom. The molecule has 2 aromatic heterocycles. The molecule has 0 amide bonds. The highest BCUT2D eigenvalue weighted by atomic mass is 19.3. The molecule has 0 bridgehead atoms. The first-order valence-electron chi connectivity index (χ1n) is 10.4. The minimum Gasteiger partial charge on any atom is -0.435 e. The fourth-order valence-corrected chi connectivity index (χ4v) is 4.12. The van der Waals surface area contributed by atoms with Crippen LogP contribution in [-0.2, 0) is 0 Å². The minimum atomic E-state index is -2.84. The second kappa shape index (κ2) is 8.09. The number of nitrogens with one attached hydrogen (secondary N) is 1. The summed E-state index contributed by atoms with van der Waals surface area (Å²) in [6.07, 6.45) is 8.70. The van der Waals surface area contributed by atoms with Gasteiger partial charge in [-0.3, -0.25) is 0 Å². The van der Waals surface area contributed by atoms with Crippen LogP contribution in [0.25, 0.3) is 11.1 Å². The third-order valence-electron chi connectivity index (χ3n) is 6.19. The lowest BCUT2D eigenvalue weighted by molar-refractivity contribution is -0.0498. The molecule has 6 nitrogen and oxygen atoms in total. The summed E-state index contributed by atoms with van der Waals surface area (Å²) in [6.45, 7) is -0.733. The van der Waals surface area contributed by atoms with Gasteiger partial charge in [0, 0.05) is 36.6 Å². The van der Waals surface area contributed by atoms with Crippen LogP contribution < -0.4 is 15.0 Å². The normalized spacial score (nSPS) is 17.1. The summed E-state index contributed by atoms with van der Waals surface area (Å²) in [5.41, 5.74) is 3.17. The summed E-state index contributed by atoms with van der Waals surface area (Å²) in [4.78, 5) is 6.90. The van der Waals surface area contributed by atoms with Crippen LogP contribution >= 0.6 is 0 Å². The van der Waals surface area contributed by atoms with E-state index in [-0.39, 0.29) is 5.75 Å². The van der Waals surface area contributed by atoms with Crippen molar-refractivity contribution in [1.82, 2.24) is 15.2 Å². The van der Waals surface area contributed by atoms with Crippen molar-refractivity contribution < 1.29 is 13.5 Å². The van der Waals surface area contributed by atoms with Crippen molar-refractivity contribution >= 4 is 17.3 Å². The molecule has 1 spiro atoms. The summed E-state index contributed by atoms with van der Waals surface area (Å²) in [5.74, 6) is 1.69. The summed E-state index contributed by atoms with van der Waals surface area (Å²) in [7, 11) is 0. The highest BCUT2D eigenvalue weighted by Gasteiger charge is 2.44. The zero-order chi connectivity index (χ0) is 21.3. The van der Waals surface area contributed by atoms with Crippen molar-refractivity contribution in [2.24, 2.45) is 5.41 Å². The second-order valence-electron chi connectivity index (χ2n) is 8.25. The van der Waals surface area contributed by atoms with Gasteiger partial charge in [-0.15, -0.1) is 5.10 Å². The lowest BCUT2D eigenvalue weighted by Gasteiger charge is -2.33. The fourth-order valence-electron chi connectivity index (χ4n) is 4.12. The van der Waals surface area contributed by atoms with Crippen molar-refractivity contribution in [3.05, 3.63) is 54.9 Å². The maximum absolute atomic E-state index is 12.3. The summed E-state index contributed by atoms with van der Waals surface area (Å²) in [6, 6.07) is 12.3. The number of hydrogen-bond acceptors (Lipinski definition) is 6. The molecule has 1 saturated heterocycles. The Bertz CT molecular complexity index is 1050. The molecule has 0 unspecified atom stereocenters. The van der Waals surface area contributed by atoms with Crippen LogP contribution in [0.15, 0.2) is 54.9 Å². The zero-order valence-electron chi connectivity index (χ0n) is 17.0. The summed E-state index contributed by atoms with van der Waals surface area (Å²) >= 11 is 0. The molecule has 3 heterocycles. The highest BCUT2D eigenvalue weighted by molar-refractivity contribution is 5.68. The lowest BCUT2D eigenvalue weighted by atomic mass is 9.94. The SMILES string of the molecule is FC(F)Oc1ccc(-c2cnnc(Nc3ccnc(N4CCC5(CC4)CC5)c3)c2)cc1. The van der Waals surface area contributed by atoms with Crippen LogP contribution in [0.1, 0.15) is 25.7 Å². The molecule has 5 rings (SSSR count). The van der Waals surface area contributed by atoms with Crippen molar-refractivity contribution in [3.63, 3.8) is 0 Å². The standard InChI is InChI=1S/C23H23F2N5O/c24-22(25)31-19-3-1-16(2-4-19)17-13-20(29-27-15-17)28-18-5-10-26-21(14-18)30-11-8-23(6-7-23)9-12-30/h1-5,10,13-15,22H,6-9,11-12H2,(H,26,28,29). The predicted octanol–water partition coefficient (Wildman–Crippen LogP) is 5.26. The Morgan fingerprint density at radius 1 is 0.968 bits per heavy atom. The second-order valence-corrected chi connectivity index (χ2v) is 8.25. The number of hydrogen-bond donors (Lipinski definition) is 1. The molecule has 1 aliphatic heterocycles. The number of aromatic nitrogens is 3. The third-order valence-corrected chi connectivity index (χ3v) is 6.19. The van der Waals surface area contributed by atoms with Gasteiger partial charge in [0.05, 0.1) is 6.20 Å². The molecule has 2 aliphatic rings. The van der Waals surface area contributed by atoms with E-state index in [0.29, 0.717) is 11.2 Å². The van der Waals surface area contributed by atoms with Crippen LogP contribution in [0.3, 0.4) is 0 Å². The molecule has 2 fully saturated rings. The number of nitrogens with zero attached hydrogens (tertiary/aromatic N) is 4. The molecule has 1 N–H and O–H groups in total. The molecule has 0 atom stereocenters. The van der Waals surface area contributed by atoms with Crippen molar-refractivity contribution in [3.8, 4) is 16.9 Å². The number of anilines is 3. The number of ether oxygens (including phenoxy) is 1. The molecule has 3 aromatic rings. The number of halogens is 2. The number of rotatable bonds is 6. The van der Waals surface area contributed by atoms with E-state index in [1.54, 1.807) is 24.5 Å². The van der Waals surface area contributed by atoms with Gasteiger partial charge in [0.15, 0.2) is 5.82 Å². The van der Waals surface area contributed by atoms with Crippen LogP contribution in [0.4, 0.5) is 26.1 Å². The zero-order valence-corrected chi connectivity index (χ0v) is 17.0. The van der Waals surface area contributed by atoms with Crippen molar-refractivity contribution in [2.75, 3.05) is 23.3 Å². The molecule has 31 heavy (non-hydrogen) atoms. The Hall–Kier alpha value is -3.29. The highest BCUT2D eigenvalue weighted by Crippen LogP contribution is 2.53. The van der Waals surface area contributed by atoms with E-state index in [0.717, 1.165) is 35.7 Å². The van der Waals surface area contributed by atoms with E-state index in [1.807, 2.05) is 18.2 Å². The van der Waals surface area contributed by atoms with Crippen LogP contribution in [0.5, 0.6) is 5.75 Å². The number of benzene rings is 1. The van der Waals surface area contributed by atoms with Gasteiger partial charge in [0.25, 0.3) is 0 Å². The first-order valence-corrected chi connectivity index (χ1v) is 10.4. The predicted molar refractivity (Wildman–Crippen MR) is 115 cm³/mol. The molecular weight excluding hydrogens is 400 g/mol. The lowest BCUT2D eigenvalue weighted by Crippen LogP contribution is -2.34. The van der Waals surface area contributed by atoms with E-state index in [9.17, 15) is 8.78 Å². The van der Waals surface area contributed by atoms with Gasteiger partial charge in [-0.05, 0) is 60.9 Å². The topological polar surface area (TPSA) is 63.2 Å². The average molecular weight is 423 g/mol. The van der Waals surface area contributed by atoms with Crippen molar-refractivity contribution in [2.45, 2.75) is 32.3 Å². The van der Waals surface area contributed by atoms with Gasteiger partial charge in [-0.2, -0.15) is 13.9 Å². The maximum atomic E-state index is 12.3. The minimum absolute atomic E-state index is 0.119. The number of alkyl halides is 2. The van der Waals surface area contributed by atoms with E-state index < -0.39 is 6.61 Å². The Balaban J connectivity index is 1.28. The fraction of sp³-hybridized carbons (Fsp3) is 0.348. The van der Waals surface area contributed by atoms with Crippen LogP contribution in [0.2, 0.25) is 0 Å². The molecular formula is C23H23F2N5O. The molecule has 0 radical (unpaired) electrons. The Kier molecular flexibility index (Phi) is 5.13. The van der Waals surface area contributed by atoms with Gasteiger partial charge >= 0.3 is 6.61 Å². The quantitative estimate of drug-likeness (QED) is 0.583. The molecule has 1 aromatic carbocycles. The van der Waals surface area contributed by atoms with Gasteiger partial charge in [-0.25, -0.2) is 4.98 Å². The summed E-state index contributed by atoms with van der Waals surface area (Å²) in [5, 5.41) is 11.5. The summed E-state index contributed by atoms with van der Waals surface area (Å²) < 4.78 is 29.1. The smallest absolute Gasteiger partial charge is 0.387 e. The maximum Gasteiger partial charge on any atom is 0.387 e. The van der Waals surface area contributed by atoms with E-state index in [2.05, 4.69) is 30.1 Å². The Morgan fingerprint density at radius 3 is 2.45 bits per heavy atom. The average Bonchev–Trinajstić information content (AvgIpc) is 3.53. The first-order chi connectivity index (χ1) is 15.1. The molecule has 8 heteroatoms. The van der Waals surface area contributed by atoms with E-state index in [1.165, 1.54) is 37.8 Å².